The molecule has 0 fully saturated rings. The summed E-state index contributed by atoms with van der Waals surface area (Å²) >= 11 is -2.32. The van der Waals surface area contributed by atoms with Gasteiger partial charge in [-0.05, 0) is 29.9 Å². The zero-order valence-corrected chi connectivity index (χ0v) is 34.7. The van der Waals surface area contributed by atoms with E-state index in [0.717, 1.165) is 28.0 Å². The first-order valence-electron chi connectivity index (χ1n) is 18.0. The zero-order valence-electron chi connectivity index (χ0n) is 30.2. The number of rotatable bonds is 6. The molecule has 52 heavy (non-hydrogen) atoms. The van der Waals surface area contributed by atoms with Gasteiger partial charge in [0.05, 0.1) is 0 Å². The van der Waals surface area contributed by atoms with Crippen molar-refractivity contribution in [2.24, 2.45) is 0 Å². The molecule has 8 aromatic rings. The average Bonchev–Trinajstić information content (AvgIpc) is 3.46. The predicted molar refractivity (Wildman–Crippen MR) is 217 cm³/mol. The van der Waals surface area contributed by atoms with Crippen molar-refractivity contribution in [2.75, 3.05) is 0 Å². The van der Waals surface area contributed by atoms with Crippen LogP contribution in [0.4, 0.5) is 0 Å². The van der Waals surface area contributed by atoms with Crippen molar-refractivity contribution >= 4 is 54.5 Å². The van der Waals surface area contributed by atoms with Crippen LogP contribution in [-0.2, 0) is 20.1 Å². The largest absolute Gasteiger partial charge is 3.00 e. The fourth-order valence-corrected chi connectivity index (χ4v) is 19.4. The Balaban J connectivity index is 0.000000146. The quantitative estimate of drug-likeness (QED) is 0.0948. The molecule has 0 saturated heterocycles. The Morgan fingerprint density at radius 1 is 0.558 bits per heavy atom. The van der Waals surface area contributed by atoms with Gasteiger partial charge in [0.1, 0.15) is 0 Å². The van der Waals surface area contributed by atoms with Crippen LogP contribution < -0.4 is 8.79 Å². The number of aryl methyl sites for hydroxylation is 2. The zero-order chi connectivity index (χ0) is 35.2. The number of nitrogens with zero attached hydrogens (tertiary/aromatic N) is 3. The summed E-state index contributed by atoms with van der Waals surface area (Å²) in [4.78, 5) is 13.3. The van der Waals surface area contributed by atoms with E-state index in [0.29, 0.717) is 0 Å². The van der Waals surface area contributed by atoms with Gasteiger partial charge in [-0.2, -0.15) is 0 Å². The molecule has 0 saturated carbocycles. The van der Waals surface area contributed by atoms with Gasteiger partial charge in [-0.25, -0.2) is 0 Å². The third-order valence-corrected chi connectivity index (χ3v) is 21.6. The van der Waals surface area contributed by atoms with Crippen molar-refractivity contribution < 1.29 is 20.1 Å². The first-order valence-corrected chi connectivity index (χ1v) is 23.0. The summed E-state index contributed by atoms with van der Waals surface area (Å²) in [6, 6.07) is 49.7. The number of hydrogen-bond acceptors (Lipinski definition) is 3. The molecule has 1 aliphatic heterocycles. The third kappa shape index (κ3) is 7.39. The Hall–Kier alpha value is -4.48. The summed E-state index contributed by atoms with van der Waals surface area (Å²) in [6.45, 7) is 8.81. The van der Waals surface area contributed by atoms with Crippen LogP contribution in [0.25, 0.3) is 55.0 Å². The van der Waals surface area contributed by atoms with Crippen LogP contribution >= 0.6 is 0 Å². The summed E-state index contributed by atoms with van der Waals surface area (Å²) < 4.78 is 3.41. The minimum absolute atomic E-state index is 0. The smallest absolute Gasteiger partial charge is 0.305 e. The summed E-state index contributed by atoms with van der Waals surface area (Å²) in [5, 5.41) is 9.73. The van der Waals surface area contributed by atoms with E-state index >= 15 is 0 Å². The molecule has 0 aliphatic carbocycles. The van der Waals surface area contributed by atoms with Crippen LogP contribution in [0.2, 0.25) is 10.5 Å². The molecule has 5 heteroatoms. The van der Waals surface area contributed by atoms with Crippen LogP contribution in [-0.4, -0.2) is 28.2 Å². The summed E-state index contributed by atoms with van der Waals surface area (Å²) in [6.07, 6.45) is 8.15. The Kier molecular flexibility index (Phi) is 12.1. The molecule has 0 N–H and O–H groups in total. The van der Waals surface area contributed by atoms with E-state index in [1.165, 1.54) is 61.4 Å². The van der Waals surface area contributed by atoms with Gasteiger partial charge in [-0.15, -0.1) is 71.3 Å². The van der Waals surface area contributed by atoms with E-state index in [1.807, 2.05) is 80.0 Å². The molecule has 3 nitrogen and oxygen atoms in total. The molecular formula is C47H42GeIrN3. The fourth-order valence-electron chi connectivity index (χ4n) is 7.64. The molecule has 0 spiro atoms. The topological polar surface area (TPSA) is 38.7 Å². The van der Waals surface area contributed by atoms with E-state index < -0.39 is 13.3 Å². The Bertz CT molecular complexity index is 2220. The van der Waals surface area contributed by atoms with E-state index in [4.69, 9.17) is 4.98 Å². The van der Waals surface area contributed by atoms with E-state index in [1.54, 1.807) is 15.0 Å². The molecule has 9 rings (SSSR count). The second kappa shape index (κ2) is 16.9. The molecule has 1 aliphatic rings. The van der Waals surface area contributed by atoms with Gasteiger partial charge in [0.2, 0.25) is 0 Å². The SMILES string of the molecule is CC[CH2][Ge]1([CH2]CC)[c]2cc[c-]c3c4ncccc4c4ccc[c]1c4c23.Cc1c[c-]c(-c2ccc(C)cn2)cc1.[Ir+3].[c-]1ccccc1-c1ccccn1. The molecule has 4 heterocycles. The third-order valence-electron chi connectivity index (χ3n) is 9.84. The summed E-state index contributed by atoms with van der Waals surface area (Å²) in [7, 11) is 0. The molecule has 0 radical (unpaired) electrons. The van der Waals surface area contributed by atoms with Crippen molar-refractivity contribution in [1.82, 2.24) is 15.0 Å². The maximum absolute atomic E-state index is 4.75. The van der Waals surface area contributed by atoms with Crippen molar-refractivity contribution in [1.29, 1.82) is 0 Å². The number of aromatic nitrogens is 3. The monoisotopic (exact) mass is 915 g/mol. The first kappa shape index (κ1) is 37.3. The second-order valence-electron chi connectivity index (χ2n) is 13.3. The molecule has 0 amide bonds. The number of benzene rings is 5. The van der Waals surface area contributed by atoms with Crippen LogP contribution in [0.5, 0.6) is 0 Å². The van der Waals surface area contributed by atoms with Crippen molar-refractivity contribution in [3.05, 3.63) is 163 Å². The Morgan fingerprint density at radius 3 is 1.98 bits per heavy atom. The average molecular weight is 914 g/mol. The van der Waals surface area contributed by atoms with Crippen LogP contribution in [0, 0.1) is 32.0 Å². The fraction of sp³-hybridized carbons (Fsp3) is 0.170. The van der Waals surface area contributed by atoms with Gasteiger partial charge >= 0.3 is 172 Å². The van der Waals surface area contributed by atoms with Gasteiger partial charge in [-0.1, -0.05) is 31.2 Å². The molecule has 3 aromatic heterocycles. The minimum Gasteiger partial charge on any atom is -0.305 e. The molecule has 0 unspecified atom stereocenters. The maximum atomic E-state index is 4.75. The predicted octanol–water partition coefficient (Wildman–Crippen LogP) is 10.7. The van der Waals surface area contributed by atoms with Crippen molar-refractivity contribution in [2.45, 2.75) is 51.0 Å². The van der Waals surface area contributed by atoms with E-state index in [2.05, 4.69) is 104 Å². The van der Waals surface area contributed by atoms with Crippen LogP contribution in [0.1, 0.15) is 37.8 Å². The Labute approximate surface area is 324 Å². The molecule has 5 aromatic carbocycles. The summed E-state index contributed by atoms with van der Waals surface area (Å²) in [5.41, 5.74) is 7.57. The van der Waals surface area contributed by atoms with Crippen LogP contribution in [0.3, 0.4) is 0 Å². The van der Waals surface area contributed by atoms with Gasteiger partial charge in [-0.3, -0.25) is 0 Å². The van der Waals surface area contributed by atoms with Gasteiger partial charge in [0.25, 0.3) is 0 Å². The minimum atomic E-state index is -2.32. The second-order valence-corrected chi connectivity index (χ2v) is 22.2. The molecule has 0 bridgehead atoms. The maximum Gasteiger partial charge on any atom is 3.00 e. The first-order chi connectivity index (χ1) is 25.0. The Morgan fingerprint density at radius 2 is 1.29 bits per heavy atom. The van der Waals surface area contributed by atoms with Gasteiger partial charge in [0, 0.05) is 12.4 Å². The number of hydrogen-bond donors (Lipinski definition) is 0. The normalized spacial score (nSPS) is 12.2. The van der Waals surface area contributed by atoms with E-state index in [9.17, 15) is 0 Å². The van der Waals surface area contributed by atoms with Crippen LogP contribution in [0.15, 0.2) is 134 Å². The summed E-state index contributed by atoms with van der Waals surface area (Å²) in [5.74, 6) is 0. The molecular weight excluding hydrogens is 871 g/mol. The number of pyridine rings is 3. The molecule has 258 valence electrons. The van der Waals surface area contributed by atoms with Gasteiger partial charge in [0.15, 0.2) is 0 Å². The number of fused-ring (bicyclic) bond motifs is 3. The van der Waals surface area contributed by atoms with Crippen molar-refractivity contribution in [3.63, 3.8) is 0 Å². The van der Waals surface area contributed by atoms with Gasteiger partial charge < -0.3 is 9.97 Å². The van der Waals surface area contributed by atoms with E-state index in [-0.39, 0.29) is 20.1 Å². The van der Waals surface area contributed by atoms with Crippen molar-refractivity contribution in [3.8, 4) is 22.5 Å². The molecule has 0 atom stereocenters. The standard InChI is InChI=1S/C23H22GeN.C13H12N.C11H8N.Ir/c1-3-13-24(14-4-2)19-11-5-8-16-17-10-7-15-25-23(17)18-9-6-12-20(24)22(18)21(16)19;1-10-3-6-12(7-4-10)13-8-5-11(2)9-14-13;1-2-6-10(7-3-1)11-8-4-5-9-12-11;/h5-8,10-12,15H,3-4,13-14H2,1-2H3;3-6,8-9H,1-2H3;1-6,8-9H;/q3*-1;+3.